The second-order valence-corrected chi connectivity index (χ2v) is 7.21. The van der Waals surface area contributed by atoms with Crippen molar-refractivity contribution < 1.29 is 9.53 Å². The molecule has 0 aliphatic carbocycles. The Kier molecular flexibility index (Phi) is 7.69. The Balaban J connectivity index is 1.96. The highest BCUT2D eigenvalue weighted by Gasteiger charge is 2.17. The number of anilines is 2. The summed E-state index contributed by atoms with van der Waals surface area (Å²) < 4.78 is 5.40. The summed E-state index contributed by atoms with van der Waals surface area (Å²) >= 11 is 0. The molecule has 0 radical (unpaired) electrons. The lowest BCUT2D eigenvalue weighted by atomic mass is 9.99. The molecule has 0 bridgehead atoms. The average Bonchev–Trinajstić information content (AvgIpc) is 2.59. The third-order valence-electron chi connectivity index (χ3n) is 4.82. The van der Waals surface area contributed by atoms with Gasteiger partial charge in [-0.05, 0) is 31.4 Å². The number of nitrogens with zero attached hydrogens (tertiary/aromatic N) is 2. The van der Waals surface area contributed by atoms with Crippen molar-refractivity contribution in [3.63, 3.8) is 0 Å². The van der Waals surface area contributed by atoms with Crippen molar-refractivity contribution in [2.45, 2.75) is 59.8 Å². The van der Waals surface area contributed by atoms with Crippen molar-refractivity contribution >= 4 is 17.4 Å². The number of pyridine rings is 1. The third-order valence-corrected chi connectivity index (χ3v) is 4.82. The summed E-state index contributed by atoms with van der Waals surface area (Å²) in [5, 5.41) is 3.09. The number of aryl methyl sites for hydroxylation is 2. The molecular weight excluding hydrogens is 314 g/mol. The maximum atomic E-state index is 12.4. The lowest BCUT2D eigenvalue weighted by Crippen LogP contribution is -2.37. The molecule has 1 amide bonds. The van der Waals surface area contributed by atoms with Gasteiger partial charge in [0.05, 0.1) is 24.6 Å². The fourth-order valence-electron chi connectivity index (χ4n) is 3.31. The highest BCUT2D eigenvalue weighted by Crippen LogP contribution is 2.25. The molecular formula is C20H33N3O2. The van der Waals surface area contributed by atoms with Crippen LogP contribution in [0.25, 0.3) is 0 Å². The maximum Gasteiger partial charge on any atom is 0.224 e. The van der Waals surface area contributed by atoms with Gasteiger partial charge in [-0.15, -0.1) is 0 Å². The predicted octanol–water partition coefficient (Wildman–Crippen LogP) is 4.08. The number of carbonyl (C=O) groups is 1. The van der Waals surface area contributed by atoms with E-state index >= 15 is 0 Å². The number of hydrogen-bond acceptors (Lipinski definition) is 4. The molecule has 5 heteroatoms. The molecule has 0 aromatic carbocycles. The molecule has 1 aromatic rings. The van der Waals surface area contributed by atoms with Gasteiger partial charge in [0.2, 0.25) is 5.91 Å². The Hall–Kier alpha value is -1.62. The molecule has 5 nitrogen and oxygen atoms in total. The molecule has 1 aliphatic heterocycles. The Morgan fingerprint density at radius 1 is 1.32 bits per heavy atom. The van der Waals surface area contributed by atoms with Crippen molar-refractivity contribution in [2.24, 2.45) is 5.92 Å². The van der Waals surface area contributed by atoms with E-state index in [4.69, 9.17) is 9.72 Å². The van der Waals surface area contributed by atoms with Gasteiger partial charge in [-0.2, -0.15) is 0 Å². The summed E-state index contributed by atoms with van der Waals surface area (Å²) in [6, 6.07) is 2.07. The van der Waals surface area contributed by atoms with Crippen LogP contribution in [-0.2, 0) is 9.53 Å². The maximum absolute atomic E-state index is 12.4. The highest BCUT2D eigenvalue weighted by molar-refractivity contribution is 5.92. The fraction of sp³-hybridized carbons (Fsp3) is 0.700. The van der Waals surface area contributed by atoms with Crippen LogP contribution in [0.15, 0.2) is 6.07 Å². The summed E-state index contributed by atoms with van der Waals surface area (Å²) in [6.45, 7) is 11.6. The highest BCUT2D eigenvalue weighted by atomic mass is 16.5. The number of nitrogens with one attached hydrogen (secondary N) is 1. The van der Waals surface area contributed by atoms with E-state index in [-0.39, 0.29) is 5.91 Å². The largest absolute Gasteiger partial charge is 0.378 e. The van der Waals surface area contributed by atoms with Crippen LogP contribution in [0.5, 0.6) is 0 Å². The first-order valence-electron chi connectivity index (χ1n) is 9.62. The van der Waals surface area contributed by atoms with Gasteiger partial charge in [0.25, 0.3) is 0 Å². The van der Waals surface area contributed by atoms with Crippen LogP contribution >= 0.6 is 0 Å². The van der Waals surface area contributed by atoms with Gasteiger partial charge in [0.15, 0.2) is 0 Å². The van der Waals surface area contributed by atoms with Crippen molar-refractivity contribution in [1.29, 1.82) is 0 Å². The molecule has 25 heavy (non-hydrogen) atoms. The van der Waals surface area contributed by atoms with Gasteiger partial charge in [-0.25, -0.2) is 4.98 Å². The summed E-state index contributed by atoms with van der Waals surface area (Å²) in [6.07, 6.45) is 5.37. The summed E-state index contributed by atoms with van der Waals surface area (Å²) in [4.78, 5) is 19.3. The third kappa shape index (κ3) is 5.99. The van der Waals surface area contributed by atoms with E-state index in [0.717, 1.165) is 55.5 Å². The van der Waals surface area contributed by atoms with E-state index in [1.54, 1.807) is 0 Å². The quantitative estimate of drug-likeness (QED) is 0.720. The number of rotatable bonds is 8. The molecule has 1 saturated heterocycles. The zero-order valence-corrected chi connectivity index (χ0v) is 16.2. The number of morpholine rings is 1. The van der Waals surface area contributed by atoms with Gasteiger partial charge in [-0.1, -0.05) is 39.5 Å². The standard InChI is InChI=1S/C20H33N3O2/c1-5-6-7-8-15(2)13-19(24)22-20-16(3)14-18(21-17(20)4)23-9-11-25-12-10-23/h14-15H,5-13H2,1-4H3,(H,22,24). The van der Waals surface area contributed by atoms with Gasteiger partial charge < -0.3 is 15.0 Å². The molecule has 1 N–H and O–H groups in total. The molecule has 1 atom stereocenters. The zero-order chi connectivity index (χ0) is 18.2. The molecule has 1 fully saturated rings. The van der Waals surface area contributed by atoms with E-state index in [1.807, 2.05) is 13.8 Å². The first-order valence-corrected chi connectivity index (χ1v) is 9.62. The molecule has 1 aromatic heterocycles. The Morgan fingerprint density at radius 3 is 2.68 bits per heavy atom. The van der Waals surface area contributed by atoms with Crippen LogP contribution in [0.3, 0.4) is 0 Å². The summed E-state index contributed by atoms with van der Waals surface area (Å²) in [5.41, 5.74) is 2.82. The molecule has 1 aliphatic rings. The average molecular weight is 348 g/mol. The van der Waals surface area contributed by atoms with Crippen LogP contribution in [0.2, 0.25) is 0 Å². The van der Waals surface area contributed by atoms with Crippen molar-refractivity contribution in [2.75, 3.05) is 36.5 Å². The van der Waals surface area contributed by atoms with Crippen LogP contribution in [0, 0.1) is 19.8 Å². The number of amides is 1. The van der Waals surface area contributed by atoms with E-state index in [2.05, 4.69) is 30.1 Å². The number of unbranched alkanes of at least 4 members (excludes halogenated alkanes) is 2. The predicted molar refractivity (Wildman–Crippen MR) is 103 cm³/mol. The van der Waals surface area contributed by atoms with E-state index in [0.29, 0.717) is 12.3 Å². The van der Waals surface area contributed by atoms with E-state index in [1.165, 1.54) is 19.3 Å². The minimum absolute atomic E-state index is 0.0936. The van der Waals surface area contributed by atoms with Crippen molar-refractivity contribution in [3.8, 4) is 0 Å². The number of aromatic nitrogens is 1. The normalized spacial score (nSPS) is 15.9. The SMILES string of the molecule is CCCCCC(C)CC(=O)Nc1c(C)cc(N2CCOCC2)nc1C. The molecule has 1 unspecified atom stereocenters. The first-order chi connectivity index (χ1) is 12.0. The Morgan fingerprint density at radius 2 is 2.04 bits per heavy atom. The van der Waals surface area contributed by atoms with Gasteiger partial charge in [0.1, 0.15) is 5.82 Å². The Bertz CT molecular complexity index is 545. The molecule has 140 valence electrons. The van der Waals surface area contributed by atoms with E-state index < -0.39 is 0 Å². The van der Waals surface area contributed by atoms with Gasteiger partial charge >= 0.3 is 0 Å². The molecule has 2 rings (SSSR count). The second-order valence-electron chi connectivity index (χ2n) is 7.21. The minimum atomic E-state index is 0.0936. The summed E-state index contributed by atoms with van der Waals surface area (Å²) in [7, 11) is 0. The zero-order valence-electron chi connectivity index (χ0n) is 16.2. The van der Waals surface area contributed by atoms with Crippen molar-refractivity contribution in [1.82, 2.24) is 4.98 Å². The van der Waals surface area contributed by atoms with Crippen LogP contribution < -0.4 is 10.2 Å². The monoisotopic (exact) mass is 347 g/mol. The van der Waals surface area contributed by atoms with Gasteiger partial charge in [0, 0.05) is 19.5 Å². The number of carbonyl (C=O) groups excluding carboxylic acids is 1. The molecule has 0 saturated carbocycles. The molecule has 0 spiro atoms. The first kappa shape index (κ1) is 19.7. The topological polar surface area (TPSA) is 54.5 Å². The van der Waals surface area contributed by atoms with Gasteiger partial charge in [-0.3, -0.25) is 4.79 Å². The summed E-state index contributed by atoms with van der Waals surface area (Å²) in [5.74, 6) is 1.49. The van der Waals surface area contributed by atoms with Crippen molar-refractivity contribution in [3.05, 3.63) is 17.3 Å². The lowest BCUT2D eigenvalue weighted by molar-refractivity contribution is -0.117. The Labute approximate surface area is 152 Å². The van der Waals surface area contributed by atoms with Crippen LogP contribution in [-0.4, -0.2) is 37.2 Å². The molecule has 2 heterocycles. The number of hydrogen-bond donors (Lipinski definition) is 1. The van der Waals surface area contributed by atoms with Crippen LogP contribution in [0.1, 0.15) is 57.2 Å². The van der Waals surface area contributed by atoms with Crippen LogP contribution in [0.4, 0.5) is 11.5 Å². The minimum Gasteiger partial charge on any atom is -0.378 e. The smallest absolute Gasteiger partial charge is 0.224 e. The number of ether oxygens (including phenoxy) is 1. The van der Waals surface area contributed by atoms with E-state index in [9.17, 15) is 4.79 Å². The fourth-order valence-corrected chi connectivity index (χ4v) is 3.31. The second kappa shape index (κ2) is 9.76. The lowest BCUT2D eigenvalue weighted by Gasteiger charge is -2.28.